The van der Waals surface area contributed by atoms with Crippen LogP contribution < -0.4 is 20.3 Å². The van der Waals surface area contributed by atoms with Crippen molar-refractivity contribution < 1.29 is 19.1 Å². The second-order valence-electron chi connectivity index (χ2n) is 7.61. The van der Waals surface area contributed by atoms with Crippen LogP contribution in [0.3, 0.4) is 0 Å². The summed E-state index contributed by atoms with van der Waals surface area (Å²) < 4.78 is 5.43. The summed E-state index contributed by atoms with van der Waals surface area (Å²) in [5, 5.41) is 5.79. The van der Waals surface area contributed by atoms with Crippen LogP contribution in [0.4, 0.5) is 11.4 Å². The van der Waals surface area contributed by atoms with Crippen molar-refractivity contribution in [2.75, 3.05) is 23.4 Å². The molecule has 0 aromatic heterocycles. The highest BCUT2D eigenvalue weighted by molar-refractivity contribution is 6.07. The van der Waals surface area contributed by atoms with Gasteiger partial charge in [-0.25, -0.2) is 0 Å². The number of para-hydroxylation sites is 1. The molecule has 4 rings (SSSR count). The number of benzene rings is 2. The lowest BCUT2D eigenvalue weighted by Gasteiger charge is -2.17. The largest absolute Gasteiger partial charge is 0.494 e. The number of carbonyl (C=O) groups excluding carboxylic acids is 3. The predicted molar refractivity (Wildman–Crippen MR) is 114 cm³/mol. The first-order chi connectivity index (χ1) is 14.5. The number of hydrogen-bond donors (Lipinski definition) is 2. The van der Waals surface area contributed by atoms with Crippen LogP contribution in [0.5, 0.6) is 5.75 Å². The fraction of sp³-hybridized carbons (Fsp3) is 0.348. The average molecular weight is 407 g/mol. The Hall–Kier alpha value is -3.35. The summed E-state index contributed by atoms with van der Waals surface area (Å²) in [5.41, 5.74) is 1.64. The van der Waals surface area contributed by atoms with E-state index in [0.29, 0.717) is 24.4 Å². The molecule has 0 bridgehead atoms. The molecule has 1 aliphatic heterocycles. The van der Waals surface area contributed by atoms with E-state index in [1.54, 1.807) is 29.2 Å². The van der Waals surface area contributed by atoms with Gasteiger partial charge >= 0.3 is 0 Å². The van der Waals surface area contributed by atoms with Crippen LogP contribution in [0.1, 0.15) is 36.5 Å². The lowest BCUT2D eigenvalue weighted by molar-refractivity contribution is -0.122. The lowest BCUT2D eigenvalue weighted by Crippen LogP contribution is -2.30. The third kappa shape index (κ3) is 4.45. The van der Waals surface area contributed by atoms with Gasteiger partial charge in [-0.1, -0.05) is 12.1 Å². The van der Waals surface area contributed by atoms with Crippen LogP contribution in [0.2, 0.25) is 0 Å². The molecule has 0 unspecified atom stereocenters. The van der Waals surface area contributed by atoms with Crippen molar-refractivity contribution in [3.63, 3.8) is 0 Å². The summed E-state index contributed by atoms with van der Waals surface area (Å²) >= 11 is 0. The number of rotatable bonds is 7. The van der Waals surface area contributed by atoms with E-state index >= 15 is 0 Å². The van der Waals surface area contributed by atoms with Crippen LogP contribution in [0, 0.1) is 5.92 Å². The highest BCUT2D eigenvalue weighted by Crippen LogP contribution is 2.28. The van der Waals surface area contributed by atoms with E-state index in [9.17, 15) is 14.4 Å². The maximum absolute atomic E-state index is 12.8. The normalized spacial score (nSPS) is 18.2. The van der Waals surface area contributed by atoms with E-state index in [2.05, 4.69) is 10.6 Å². The Labute approximate surface area is 175 Å². The van der Waals surface area contributed by atoms with Gasteiger partial charge in [0.15, 0.2) is 0 Å². The first kappa shape index (κ1) is 19.9. The number of hydrogen-bond acceptors (Lipinski definition) is 4. The summed E-state index contributed by atoms with van der Waals surface area (Å²) in [7, 11) is 0. The molecule has 0 spiro atoms. The number of carbonyl (C=O) groups is 3. The van der Waals surface area contributed by atoms with E-state index in [1.165, 1.54) is 0 Å². The van der Waals surface area contributed by atoms with Crippen LogP contribution in [0.25, 0.3) is 0 Å². The van der Waals surface area contributed by atoms with E-state index in [1.807, 2.05) is 31.2 Å². The van der Waals surface area contributed by atoms with E-state index < -0.39 is 5.92 Å². The topological polar surface area (TPSA) is 87.7 Å². The molecule has 156 valence electrons. The van der Waals surface area contributed by atoms with Crippen molar-refractivity contribution in [3.05, 3.63) is 54.1 Å². The number of nitrogens with zero attached hydrogens (tertiary/aromatic N) is 1. The summed E-state index contributed by atoms with van der Waals surface area (Å²) in [6, 6.07) is 14.4. The van der Waals surface area contributed by atoms with Crippen molar-refractivity contribution in [3.8, 4) is 5.75 Å². The SMILES string of the molecule is CCOc1ccc(N2C[C@H](C(=O)Nc3ccccc3C(=O)NC3CC3)CC2=O)cc1. The van der Waals surface area contributed by atoms with E-state index in [0.717, 1.165) is 24.3 Å². The van der Waals surface area contributed by atoms with Crippen molar-refractivity contribution in [1.29, 1.82) is 0 Å². The Balaban J connectivity index is 1.42. The van der Waals surface area contributed by atoms with Gasteiger partial charge in [0.2, 0.25) is 11.8 Å². The molecule has 30 heavy (non-hydrogen) atoms. The molecule has 1 saturated carbocycles. The molecule has 2 fully saturated rings. The van der Waals surface area contributed by atoms with Crippen LogP contribution in [-0.4, -0.2) is 36.9 Å². The Bertz CT molecular complexity index is 953. The summed E-state index contributed by atoms with van der Waals surface area (Å²) in [5.74, 6) is -0.290. The third-order valence-electron chi connectivity index (χ3n) is 5.30. The van der Waals surface area contributed by atoms with Gasteiger partial charge in [0.1, 0.15) is 5.75 Å². The molecular formula is C23H25N3O4. The molecule has 2 aromatic carbocycles. The Morgan fingerprint density at radius 2 is 1.83 bits per heavy atom. The molecule has 7 nitrogen and oxygen atoms in total. The second kappa shape index (κ2) is 8.57. The fourth-order valence-corrected chi connectivity index (χ4v) is 3.54. The molecule has 0 radical (unpaired) electrons. The standard InChI is InChI=1S/C23H25N3O4/c1-2-30-18-11-9-17(10-12-18)26-14-15(13-21(26)27)22(28)25-20-6-4-3-5-19(20)23(29)24-16-7-8-16/h3-6,9-12,15-16H,2,7-8,13-14H2,1H3,(H,24,29)(H,25,28)/t15-/m1/s1. The van der Waals surface area contributed by atoms with Gasteiger partial charge in [0.05, 0.1) is 23.8 Å². The minimum atomic E-state index is -0.483. The van der Waals surface area contributed by atoms with Crippen molar-refractivity contribution >= 4 is 29.1 Å². The highest BCUT2D eigenvalue weighted by Gasteiger charge is 2.35. The Morgan fingerprint density at radius 3 is 2.53 bits per heavy atom. The van der Waals surface area contributed by atoms with Crippen LogP contribution >= 0.6 is 0 Å². The number of amides is 3. The number of anilines is 2. The fourth-order valence-electron chi connectivity index (χ4n) is 3.54. The van der Waals surface area contributed by atoms with Crippen molar-refractivity contribution in [2.24, 2.45) is 5.92 Å². The zero-order valence-electron chi connectivity index (χ0n) is 16.9. The van der Waals surface area contributed by atoms with Gasteiger partial charge in [-0.15, -0.1) is 0 Å². The number of nitrogens with one attached hydrogen (secondary N) is 2. The lowest BCUT2D eigenvalue weighted by atomic mass is 10.1. The van der Waals surface area contributed by atoms with E-state index in [-0.39, 0.29) is 30.2 Å². The highest BCUT2D eigenvalue weighted by atomic mass is 16.5. The monoisotopic (exact) mass is 407 g/mol. The molecule has 2 aromatic rings. The Kier molecular flexibility index (Phi) is 5.70. The summed E-state index contributed by atoms with van der Waals surface area (Å²) in [4.78, 5) is 39.4. The third-order valence-corrected chi connectivity index (χ3v) is 5.30. The minimum Gasteiger partial charge on any atom is -0.494 e. The van der Waals surface area contributed by atoms with Crippen molar-refractivity contribution in [1.82, 2.24) is 5.32 Å². The molecule has 1 saturated heterocycles. The first-order valence-corrected chi connectivity index (χ1v) is 10.3. The molecule has 1 atom stereocenters. The molecule has 2 N–H and O–H groups in total. The second-order valence-corrected chi connectivity index (χ2v) is 7.61. The van der Waals surface area contributed by atoms with Gasteiger partial charge in [0.25, 0.3) is 5.91 Å². The number of ether oxygens (including phenoxy) is 1. The molecule has 7 heteroatoms. The Morgan fingerprint density at radius 1 is 1.10 bits per heavy atom. The van der Waals surface area contributed by atoms with E-state index in [4.69, 9.17) is 4.74 Å². The van der Waals surface area contributed by atoms with Gasteiger partial charge in [0, 0.05) is 24.7 Å². The predicted octanol–water partition coefficient (Wildman–Crippen LogP) is 2.97. The minimum absolute atomic E-state index is 0.0981. The maximum Gasteiger partial charge on any atom is 0.253 e. The molecule has 3 amide bonds. The zero-order valence-corrected chi connectivity index (χ0v) is 16.9. The molecular weight excluding hydrogens is 382 g/mol. The average Bonchev–Trinajstić information content (AvgIpc) is 3.47. The van der Waals surface area contributed by atoms with Gasteiger partial charge in [-0.05, 0) is 56.2 Å². The van der Waals surface area contributed by atoms with Crippen LogP contribution in [0.15, 0.2) is 48.5 Å². The van der Waals surface area contributed by atoms with Gasteiger partial charge in [-0.2, -0.15) is 0 Å². The van der Waals surface area contributed by atoms with Gasteiger partial charge in [-0.3, -0.25) is 14.4 Å². The maximum atomic E-state index is 12.8. The zero-order chi connectivity index (χ0) is 21.1. The quantitative estimate of drug-likeness (QED) is 0.739. The van der Waals surface area contributed by atoms with Gasteiger partial charge < -0.3 is 20.3 Å². The van der Waals surface area contributed by atoms with Crippen LogP contribution in [-0.2, 0) is 9.59 Å². The smallest absolute Gasteiger partial charge is 0.253 e. The molecule has 2 aliphatic rings. The molecule has 1 heterocycles. The first-order valence-electron chi connectivity index (χ1n) is 10.3. The summed E-state index contributed by atoms with van der Waals surface area (Å²) in [6.45, 7) is 2.79. The molecule has 1 aliphatic carbocycles. The van der Waals surface area contributed by atoms with Crippen molar-refractivity contribution in [2.45, 2.75) is 32.2 Å². The summed E-state index contributed by atoms with van der Waals surface area (Å²) in [6.07, 6.45) is 2.12.